The fourth-order valence-corrected chi connectivity index (χ4v) is 2.98. The monoisotopic (exact) mass is 360 g/mol. The van der Waals surface area contributed by atoms with Gasteiger partial charge >= 0.3 is 0 Å². The molecule has 0 bridgehead atoms. The molecule has 2 aromatic carbocycles. The Kier molecular flexibility index (Phi) is 4.36. The van der Waals surface area contributed by atoms with Crippen molar-refractivity contribution in [1.29, 1.82) is 0 Å². The lowest BCUT2D eigenvalue weighted by molar-refractivity contribution is 0.475. The van der Waals surface area contributed by atoms with Crippen molar-refractivity contribution in [3.8, 4) is 17.1 Å². The number of phenolic OH excluding ortho intramolecular Hbond substituents is 1. The van der Waals surface area contributed by atoms with E-state index in [1.807, 2.05) is 48.5 Å². The summed E-state index contributed by atoms with van der Waals surface area (Å²) in [5.74, 6) is 2.87. The number of phenols is 1. The van der Waals surface area contributed by atoms with E-state index in [0.717, 1.165) is 32.2 Å². The molecule has 3 rings (SSSR count). The summed E-state index contributed by atoms with van der Waals surface area (Å²) in [6.07, 6.45) is 0. The van der Waals surface area contributed by atoms with Crippen LogP contribution in [-0.2, 0) is 5.75 Å². The first-order valence-corrected chi connectivity index (χ1v) is 8.25. The van der Waals surface area contributed by atoms with Gasteiger partial charge in [-0.25, -0.2) is 0 Å². The van der Waals surface area contributed by atoms with Gasteiger partial charge in [-0.2, -0.15) is 0 Å². The Labute approximate surface area is 135 Å². The van der Waals surface area contributed by atoms with Crippen LogP contribution in [0.15, 0.2) is 74.4 Å². The van der Waals surface area contributed by atoms with Crippen molar-refractivity contribution in [3.05, 3.63) is 70.9 Å². The second-order valence-electron chi connectivity index (χ2n) is 4.56. The number of hydrogen-bond donors (Lipinski definition) is 1. The highest BCUT2D eigenvalue weighted by atomic mass is 79.9. The molecule has 1 heterocycles. The summed E-state index contributed by atoms with van der Waals surface area (Å²) in [7, 11) is 0. The zero-order chi connectivity index (χ0) is 14.7. The summed E-state index contributed by atoms with van der Waals surface area (Å²) in [5, 5.41) is 9.26. The number of halogens is 1. The number of furan rings is 1. The molecule has 0 aliphatic rings. The second kappa shape index (κ2) is 6.41. The van der Waals surface area contributed by atoms with Gasteiger partial charge in [-0.05, 0) is 48.5 Å². The smallest absolute Gasteiger partial charge is 0.134 e. The van der Waals surface area contributed by atoms with Crippen LogP contribution in [0.3, 0.4) is 0 Å². The van der Waals surface area contributed by atoms with Crippen molar-refractivity contribution in [2.75, 3.05) is 0 Å². The van der Waals surface area contributed by atoms with Crippen molar-refractivity contribution in [3.63, 3.8) is 0 Å². The van der Waals surface area contributed by atoms with E-state index in [1.165, 1.54) is 0 Å². The van der Waals surface area contributed by atoms with E-state index < -0.39 is 0 Å². The van der Waals surface area contributed by atoms with Crippen LogP contribution in [0.25, 0.3) is 11.3 Å². The molecule has 3 aromatic rings. The molecule has 0 aliphatic carbocycles. The lowest BCUT2D eigenvalue weighted by Gasteiger charge is -2.00. The quantitative estimate of drug-likeness (QED) is 0.605. The highest BCUT2D eigenvalue weighted by Gasteiger charge is 2.05. The van der Waals surface area contributed by atoms with Crippen LogP contribution in [0.2, 0.25) is 0 Å². The molecule has 0 atom stereocenters. The molecule has 0 saturated heterocycles. The van der Waals surface area contributed by atoms with Crippen LogP contribution in [0, 0.1) is 0 Å². The fraction of sp³-hybridized carbons (Fsp3) is 0.0588. The van der Waals surface area contributed by atoms with Gasteiger partial charge in [0.1, 0.15) is 17.3 Å². The van der Waals surface area contributed by atoms with Crippen LogP contribution in [0.4, 0.5) is 0 Å². The van der Waals surface area contributed by atoms with Crippen LogP contribution in [0.5, 0.6) is 5.75 Å². The van der Waals surface area contributed by atoms with Crippen molar-refractivity contribution in [2.24, 2.45) is 0 Å². The molecule has 0 saturated carbocycles. The van der Waals surface area contributed by atoms with E-state index in [1.54, 1.807) is 23.9 Å². The van der Waals surface area contributed by atoms with Crippen LogP contribution in [0.1, 0.15) is 5.76 Å². The molecule has 0 spiro atoms. The van der Waals surface area contributed by atoms with Crippen molar-refractivity contribution in [2.45, 2.75) is 10.6 Å². The fourth-order valence-electron chi connectivity index (χ4n) is 1.92. The van der Waals surface area contributed by atoms with Gasteiger partial charge < -0.3 is 9.52 Å². The highest BCUT2D eigenvalue weighted by Crippen LogP contribution is 2.28. The summed E-state index contributed by atoms with van der Waals surface area (Å²) >= 11 is 5.11. The first kappa shape index (κ1) is 14.3. The predicted octanol–water partition coefficient (Wildman–Crippen LogP) is 5.71. The van der Waals surface area contributed by atoms with Gasteiger partial charge in [0, 0.05) is 14.9 Å². The molecule has 0 fully saturated rings. The first-order valence-electron chi connectivity index (χ1n) is 6.47. The molecular weight excluding hydrogens is 348 g/mol. The van der Waals surface area contributed by atoms with E-state index in [4.69, 9.17) is 4.42 Å². The molecule has 0 aliphatic heterocycles. The summed E-state index contributed by atoms with van der Waals surface area (Å²) in [6.45, 7) is 0. The molecule has 0 radical (unpaired) electrons. The Balaban J connectivity index is 1.67. The molecule has 21 heavy (non-hydrogen) atoms. The molecule has 106 valence electrons. The number of benzene rings is 2. The van der Waals surface area contributed by atoms with Gasteiger partial charge in [-0.1, -0.05) is 28.1 Å². The van der Waals surface area contributed by atoms with Crippen LogP contribution < -0.4 is 0 Å². The van der Waals surface area contributed by atoms with E-state index in [2.05, 4.69) is 15.9 Å². The number of thioether (sulfide) groups is 1. The minimum atomic E-state index is 0.287. The summed E-state index contributed by atoms with van der Waals surface area (Å²) < 4.78 is 6.93. The lowest BCUT2D eigenvalue weighted by atomic mass is 10.2. The van der Waals surface area contributed by atoms with Gasteiger partial charge in [-0.3, -0.25) is 0 Å². The number of hydrogen-bond acceptors (Lipinski definition) is 3. The van der Waals surface area contributed by atoms with Crippen LogP contribution >= 0.6 is 27.7 Å². The van der Waals surface area contributed by atoms with Gasteiger partial charge in [0.15, 0.2) is 0 Å². The Morgan fingerprint density at radius 3 is 2.33 bits per heavy atom. The molecule has 1 aromatic heterocycles. The zero-order valence-electron chi connectivity index (χ0n) is 11.1. The standard InChI is InChI=1S/C17H13BrO2S/c18-13-3-1-12(2-4-13)17-10-7-15(20-17)11-21-16-8-5-14(19)6-9-16/h1-10,19H,11H2. The summed E-state index contributed by atoms with van der Waals surface area (Å²) in [4.78, 5) is 1.11. The average molecular weight is 361 g/mol. The van der Waals surface area contributed by atoms with E-state index >= 15 is 0 Å². The molecular formula is C17H13BrO2S. The van der Waals surface area contributed by atoms with E-state index in [0.29, 0.717) is 0 Å². The molecule has 1 N–H and O–H groups in total. The third-order valence-corrected chi connectivity index (χ3v) is 4.57. The third-order valence-electron chi connectivity index (χ3n) is 3.01. The van der Waals surface area contributed by atoms with Gasteiger partial charge in [0.2, 0.25) is 0 Å². The normalized spacial score (nSPS) is 10.7. The van der Waals surface area contributed by atoms with Crippen LogP contribution in [-0.4, -0.2) is 5.11 Å². The Hall–Kier alpha value is -1.65. The lowest BCUT2D eigenvalue weighted by Crippen LogP contribution is -1.76. The molecule has 0 amide bonds. The minimum Gasteiger partial charge on any atom is -0.508 e. The minimum absolute atomic E-state index is 0.287. The number of aromatic hydroxyl groups is 1. The van der Waals surface area contributed by atoms with Gasteiger partial charge in [0.25, 0.3) is 0 Å². The summed E-state index contributed by atoms with van der Waals surface area (Å²) in [6, 6.07) is 19.2. The van der Waals surface area contributed by atoms with Crippen molar-refractivity contribution >= 4 is 27.7 Å². The zero-order valence-corrected chi connectivity index (χ0v) is 13.5. The van der Waals surface area contributed by atoms with Gasteiger partial charge in [0.05, 0.1) is 5.75 Å². The van der Waals surface area contributed by atoms with E-state index in [-0.39, 0.29) is 5.75 Å². The van der Waals surface area contributed by atoms with Gasteiger partial charge in [-0.15, -0.1) is 11.8 Å². The maximum Gasteiger partial charge on any atom is 0.134 e. The molecule has 4 heteroatoms. The maximum absolute atomic E-state index is 9.26. The third kappa shape index (κ3) is 3.71. The Morgan fingerprint density at radius 2 is 1.62 bits per heavy atom. The average Bonchev–Trinajstić information content (AvgIpc) is 2.96. The highest BCUT2D eigenvalue weighted by molar-refractivity contribution is 9.10. The molecule has 2 nitrogen and oxygen atoms in total. The second-order valence-corrected chi connectivity index (χ2v) is 6.52. The molecule has 0 unspecified atom stereocenters. The Morgan fingerprint density at radius 1 is 0.905 bits per heavy atom. The SMILES string of the molecule is Oc1ccc(SCc2ccc(-c3ccc(Br)cc3)o2)cc1. The van der Waals surface area contributed by atoms with E-state index in [9.17, 15) is 5.11 Å². The summed E-state index contributed by atoms with van der Waals surface area (Å²) in [5.41, 5.74) is 1.07. The Bertz CT molecular complexity index is 717. The topological polar surface area (TPSA) is 33.4 Å². The number of rotatable bonds is 4. The predicted molar refractivity (Wildman–Crippen MR) is 89.5 cm³/mol. The van der Waals surface area contributed by atoms with Crippen molar-refractivity contribution in [1.82, 2.24) is 0 Å². The first-order chi connectivity index (χ1) is 10.2. The largest absolute Gasteiger partial charge is 0.508 e. The maximum atomic E-state index is 9.26. The van der Waals surface area contributed by atoms with Crippen molar-refractivity contribution < 1.29 is 9.52 Å².